The first kappa shape index (κ1) is 13.0. The standard InChI is InChI=1S/C17H16N4O2/c1-2-4-11(5-3-1)15-9-21-13(10-22-15)8-14(19-21)17-18-16(20-23-17)12-6-7-12/h1-5,8,12,15H,6-7,9-10H2. The maximum atomic E-state index is 5.97. The Morgan fingerprint density at radius 3 is 2.83 bits per heavy atom. The molecule has 0 radical (unpaired) electrons. The van der Waals surface area contributed by atoms with Crippen molar-refractivity contribution in [2.45, 2.75) is 38.0 Å². The highest BCUT2D eigenvalue weighted by molar-refractivity contribution is 5.47. The molecule has 2 aromatic heterocycles. The lowest BCUT2D eigenvalue weighted by molar-refractivity contribution is -0.00113. The molecule has 0 N–H and O–H groups in total. The normalized spacial score (nSPS) is 20.4. The minimum Gasteiger partial charge on any atom is -0.365 e. The van der Waals surface area contributed by atoms with E-state index in [1.54, 1.807) is 0 Å². The number of hydrogen-bond donors (Lipinski definition) is 0. The molecule has 1 unspecified atom stereocenters. The van der Waals surface area contributed by atoms with Gasteiger partial charge in [0.1, 0.15) is 6.10 Å². The van der Waals surface area contributed by atoms with Crippen molar-refractivity contribution in [1.82, 2.24) is 19.9 Å². The zero-order chi connectivity index (χ0) is 15.2. The first-order valence-corrected chi connectivity index (χ1v) is 7.94. The average Bonchev–Trinajstić information content (AvgIpc) is 3.18. The second-order valence-corrected chi connectivity index (χ2v) is 6.15. The summed E-state index contributed by atoms with van der Waals surface area (Å²) in [5.41, 5.74) is 2.94. The molecule has 6 heteroatoms. The lowest BCUT2D eigenvalue weighted by Crippen LogP contribution is -2.21. The molecule has 3 aromatic rings. The summed E-state index contributed by atoms with van der Waals surface area (Å²) < 4.78 is 13.3. The van der Waals surface area contributed by atoms with Crippen LogP contribution in [0.2, 0.25) is 0 Å². The fourth-order valence-corrected chi connectivity index (χ4v) is 2.95. The third-order valence-corrected chi connectivity index (χ3v) is 4.41. The van der Waals surface area contributed by atoms with Gasteiger partial charge in [-0.2, -0.15) is 10.1 Å². The number of fused-ring (bicyclic) bond motifs is 1. The van der Waals surface area contributed by atoms with Gasteiger partial charge in [0, 0.05) is 5.92 Å². The van der Waals surface area contributed by atoms with Crippen molar-refractivity contribution in [3.63, 3.8) is 0 Å². The molecule has 0 spiro atoms. The Morgan fingerprint density at radius 1 is 1.13 bits per heavy atom. The highest BCUT2D eigenvalue weighted by Gasteiger charge is 2.30. The van der Waals surface area contributed by atoms with Crippen LogP contribution in [0, 0.1) is 0 Å². The van der Waals surface area contributed by atoms with Crippen molar-refractivity contribution in [2.75, 3.05) is 0 Å². The molecule has 0 bridgehead atoms. The Morgan fingerprint density at radius 2 is 2.00 bits per heavy atom. The fraction of sp³-hybridized carbons (Fsp3) is 0.353. The Hall–Kier alpha value is -2.47. The third kappa shape index (κ3) is 2.35. The zero-order valence-electron chi connectivity index (χ0n) is 12.6. The number of ether oxygens (including phenoxy) is 1. The van der Waals surface area contributed by atoms with Gasteiger partial charge >= 0.3 is 0 Å². The molecular weight excluding hydrogens is 292 g/mol. The molecule has 1 fully saturated rings. The van der Waals surface area contributed by atoms with Crippen LogP contribution < -0.4 is 0 Å². The maximum absolute atomic E-state index is 5.97. The monoisotopic (exact) mass is 308 g/mol. The predicted molar refractivity (Wildman–Crippen MR) is 81.5 cm³/mol. The molecule has 2 aliphatic rings. The largest absolute Gasteiger partial charge is 0.365 e. The summed E-state index contributed by atoms with van der Waals surface area (Å²) in [6.07, 6.45) is 2.34. The van der Waals surface area contributed by atoms with Crippen LogP contribution in [-0.2, 0) is 17.9 Å². The van der Waals surface area contributed by atoms with Crippen LogP contribution in [0.15, 0.2) is 40.9 Å². The fourth-order valence-electron chi connectivity index (χ4n) is 2.95. The minimum atomic E-state index is 0.0289. The molecule has 116 valence electrons. The van der Waals surface area contributed by atoms with Crippen molar-refractivity contribution >= 4 is 0 Å². The molecule has 0 amide bonds. The molecule has 3 heterocycles. The van der Waals surface area contributed by atoms with Gasteiger partial charge in [0.2, 0.25) is 0 Å². The first-order valence-electron chi connectivity index (χ1n) is 7.94. The van der Waals surface area contributed by atoms with Crippen LogP contribution in [0.1, 0.15) is 41.9 Å². The van der Waals surface area contributed by atoms with Crippen molar-refractivity contribution in [1.29, 1.82) is 0 Å². The summed E-state index contributed by atoms with van der Waals surface area (Å²) in [4.78, 5) is 4.47. The number of benzene rings is 1. The van der Waals surface area contributed by atoms with E-state index in [4.69, 9.17) is 9.26 Å². The summed E-state index contributed by atoms with van der Waals surface area (Å²) in [5.74, 6) is 1.80. The molecule has 1 aromatic carbocycles. The van der Waals surface area contributed by atoms with Crippen molar-refractivity contribution in [3.05, 3.63) is 53.5 Å². The summed E-state index contributed by atoms with van der Waals surface area (Å²) >= 11 is 0. The molecule has 1 aliphatic carbocycles. The van der Waals surface area contributed by atoms with E-state index in [0.29, 0.717) is 25.0 Å². The maximum Gasteiger partial charge on any atom is 0.278 e. The summed E-state index contributed by atoms with van der Waals surface area (Å²) in [5, 5.41) is 8.69. The van der Waals surface area contributed by atoms with E-state index >= 15 is 0 Å². The van der Waals surface area contributed by atoms with Crippen molar-refractivity contribution in [3.8, 4) is 11.6 Å². The molecule has 6 nitrogen and oxygen atoms in total. The second kappa shape index (κ2) is 5.03. The van der Waals surface area contributed by atoms with E-state index in [0.717, 1.165) is 30.1 Å². The van der Waals surface area contributed by atoms with E-state index < -0.39 is 0 Å². The Balaban J connectivity index is 1.42. The molecular formula is C17H16N4O2. The molecule has 5 rings (SSSR count). The number of hydrogen-bond acceptors (Lipinski definition) is 5. The van der Waals surface area contributed by atoms with Gasteiger partial charge in [-0.15, -0.1) is 0 Å². The molecule has 1 aliphatic heterocycles. The number of nitrogens with zero attached hydrogens (tertiary/aromatic N) is 4. The van der Waals surface area contributed by atoms with Gasteiger partial charge < -0.3 is 9.26 Å². The van der Waals surface area contributed by atoms with Gasteiger partial charge in [-0.3, -0.25) is 4.68 Å². The average molecular weight is 308 g/mol. The van der Waals surface area contributed by atoms with E-state index in [-0.39, 0.29) is 6.10 Å². The van der Waals surface area contributed by atoms with Gasteiger partial charge in [0.25, 0.3) is 5.89 Å². The van der Waals surface area contributed by atoms with E-state index in [1.807, 2.05) is 28.9 Å². The second-order valence-electron chi connectivity index (χ2n) is 6.15. The van der Waals surface area contributed by atoms with Crippen LogP contribution in [0.25, 0.3) is 11.6 Å². The summed E-state index contributed by atoms with van der Waals surface area (Å²) in [6.45, 7) is 1.24. The van der Waals surface area contributed by atoms with E-state index in [9.17, 15) is 0 Å². The molecule has 1 saturated carbocycles. The molecule has 23 heavy (non-hydrogen) atoms. The number of rotatable bonds is 3. The van der Waals surface area contributed by atoms with Gasteiger partial charge in [-0.25, -0.2) is 0 Å². The molecule has 0 saturated heterocycles. The van der Waals surface area contributed by atoms with Crippen LogP contribution in [-0.4, -0.2) is 19.9 Å². The highest BCUT2D eigenvalue weighted by atomic mass is 16.5. The summed E-state index contributed by atoms with van der Waals surface area (Å²) in [7, 11) is 0. The summed E-state index contributed by atoms with van der Waals surface area (Å²) in [6, 6.07) is 12.2. The van der Waals surface area contributed by atoms with E-state index in [1.165, 1.54) is 5.56 Å². The third-order valence-electron chi connectivity index (χ3n) is 4.41. The van der Waals surface area contributed by atoms with Crippen molar-refractivity contribution in [2.24, 2.45) is 0 Å². The van der Waals surface area contributed by atoms with Crippen LogP contribution >= 0.6 is 0 Å². The number of aromatic nitrogens is 4. The van der Waals surface area contributed by atoms with Gasteiger partial charge in [-0.1, -0.05) is 35.5 Å². The minimum absolute atomic E-state index is 0.0289. The Bertz CT molecular complexity index is 835. The predicted octanol–water partition coefficient (Wildman–Crippen LogP) is 3.08. The van der Waals surface area contributed by atoms with Crippen molar-refractivity contribution < 1.29 is 9.26 Å². The Kier molecular flexibility index (Phi) is 2.84. The van der Waals surface area contributed by atoms with Gasteiger partial charge in [-0.05, 0) is 24.5 Å². The van der Waals surface area contributed by atoms with E-state index in [2.05, 4.69) is 27.4 Å². The van der Waals surface area contributed by atoms with Gasteiger partial charge in [0.15, 0.2) is 11.5 Å². The smallest absolute Gasteiger partial charge is 0.278 e. The highest BCUT2D eigenvalue weighted by Crippen LogP contribution is 2.39. The van der Waals surface area contributed by atoms with Crippen LogP contribution in [0.5, 0.6) is 0 Å². The SMILES string of the molecule is c1ccc(C2Cn3nc(-c4nc(C5CC5)no4)cc3CO2)cc1. The van der Waals surface area contributed by atoms with Crippen LogP contribution in [0.3, 0.4) is 0 Å². The Labute approximate surface area is 133 Å². The molecule has 1 atom stereocenters. The van der Waals surface area contributed by atoms with Gasteiger partial charge in [0.05, 0.1) is 18.8 Å². The lowest BCUT2D eigenvalue weighted by Gasteiger charge is -2.24. The van der Waals surface area contributed by atoms with Crippen LogP contribution in [0.4, 0.5) is 0 Å². The topological polar surface area (TPSA) is 66.0 Å². The first-order chi connectivity index (χ1) is 11.4. The quantitative estimate of drug-likeness (QED) is 0.744. The zero-order valence-corrected chi connectivity index (χ0v) is 12.6. The lowest BCUT2D eigenvalue weighted by atomic mass is 10.1.